The smallest absolute Gasteiger partial charge is 0.174 e. The third-order valence-corrected chi connectivity index (χ3v) is 3.31. The molecule has 1 rings (SSSR count). The molecular weight excluding hydrogens is 248 g/mol. The average molecular weight is 266 g/mol. The Balaban J connectivity index is 2.47. The molecular formula is C13H18N2O2S. The molecule has 1 aromatic carbocycles. The highest BCUT2D eigenvalue weighted by molar-refractivity contribution is 7.84. The highest BCUT2D eigenvalue weighted by Crippen LogP contribution is 2.13. The summed E-state index contributed by atoms with van der Waals surface area (Å²) >= 11 is 0. The van der Waals surface area contributed by atoms with Gasteiger partial charge in [-0.05, 0) is 24.6 Å². The van der Waals surface area contributed by atoms with E-state index in [0.717, 1.165) is 5.56 Å². The van der Waals surface area contributed by atoms with E-state index < -0.39 is 10.8 Å². The zero-order valence-electron chi connectivity index (χ0n) is 10.7. The van der Waals surface area contributed by atoms with Crippen molar-refractivity contribution in [3.05, 3.63) is 29.8 Å². The second kappa shape index (κ2) is 7.85. The minimum atomic E-state index is -0.785. The first-order valence-electron chi connectivity index (χ1n) is 5.74. The van der Waals surface area contributed by atoms with Gasteiger partial charge < -0.3 is 10.1 Å². The number of hydrogen-bond donors (Lipinski definition) is 1. The van der Waals surface area contributed by atoms with Gasteiger partial charge in [-0.15, -0.1) is 0 Å². The van der Waals surface area contributed by atoms with E-state index in [9.17, 15) is 4.21 Å². The van der Waals surface area contributed by atoms with Crippen LogP contribution in [0.15, 0.2) is 24.3 Å². The minimum absolute atomic E-state index is 0.0576. The predicted molar refractivity (Wildman–Crippen MR) is 72.8 cm³/mol. The molecule has 98 valence electrons. The van der Waals surface area contributed by atoms with Crippen LogP contribution >= 0.6 is 0 Å². The fourth-order valence-electron chi connectivity index (χ4n) is 1.56. The number of ether oxygens (including phenoxy) is 1. The molecule has 0 fully saturated rings. The van der Waals surface area contributed by atoms with Crippen molar-refractivity contribution < 1.29 is 8.95 Å². The van der Waals surface area contributed by atoms with E-state index in [0.29, 0.717) is 18.0 Å². The lowest BCUT2D eigenvalue weighted by molar-refractivity contribution is 0.367. The Morgan fingerprint density at radius 1 is 1.56 bits per heavy atom. The zero-order valence-corrected chi connectivity index (χ0v) is 11.5. The highest BCUT2D eigenvalue weighted by atomic mass is 32.2. The van der Waals surface area contributed by atoms with Gasteiger partial charge >= 0.3 is 0 Å². The Bertz CT molecular complexity index is 443. The predicted octanol–water partition coefficient (Wildman–Crippen LogP) is 1.45. The first-order valence-corrected chi connectivity index (χ1v) is 7.46. The van der Waals surface area contributed by atoms with E-state index in [-0.39, 0.29) is 12.6 Å². The topological polar surface area (TPSA) is 62.1 Å². The van der Waals surface area contributed by atoms with Crippen LogP contribution in [-0.2, 0) is 17.3 Å². The van der Waals surface area contributed by atoms with Gasteiger partial charge in [-0.1, -0.05) is 12.1 Å². The lowest BCUT2D eigenvalue weighted by Gasteiger charge is -2.12. The van der Waals surface area contributed by atoms with Gasteiger partial charge in [-0.25, -0.2) is 0 Å². The molecule has 0 aliphatic carbocycles. The van der Waals surface area contributed by atoms with Gasteiger partial charge in [0.1, 0.15) is 11.8 Å². The molecule has 1 N–H and O–H groups in total. The normalized spacial score (nSPS) is 13.6. The summed E-state index contributed by atoms with van der Waals surface area (Å²) in [7, 11) is -0.785. The van der Waals surface area contributed by atoms with Gasteiger partial charge in [-0.2, -0.15) is 5.26 Å². The number of nitrogens with zero attached hydrogens (tertiary/aromatic N) is 1. The summed E-state index contributed by atoms with van der Waals surface area (Å²) in [4.78, 5) is 0. The molecule has 0 aliphatic heterocycles. The maximum atomic E-state index is 11.1. The van der Waals surface area contributed by atoms with Crippen molar-refractivity contribution in [2.24, 2.45) is 0 Å². The minimum Gasteiger partial charge on any atom is -0.479 e. The lowest BCUT2D eigenvalue weighted by atomic mass is 10.2. The quantitative estimate of drug-likeness (QED) is 0.811. The molecule has 5 heteroatoms. The summed E-state index contributed by atoms with van der Waals surface area (Å²) in [5, 5.41) is 11.7. The van der Waals surface area contributed by atoms with Crippen LogP contribution < -0.4 is 10.1 Å². The summed E-state index contributed by atoms with van der Waals surface area (Å²) in [6, 6.07) is 9.75. The summed E-state index contributed by atoms with van der Waals surface area (Å²) in [5.41, 5.74) is 1.08. The Kier molecular flexibility index (Phi) is 6.40. The molecule has 0 spiro atoms. The van der Waals surface area contributed by atoms with Gasteiger partial charge in [0.05, 0.1) is 0 Å². The first kappa shape index (κ1) is 14.7. The van der Waals surface area contributed by atoms with Crippen LogP contribution in [0.4, 0.5) is 0 Å². The third kappa shape index (κ3) is 5.80. The number of hydrogen-bond acceptors (Lipinski definition) is 4. The summed E-state index contributed by atoms with van der Waals surface area (Å²) in [6.45, 7) is 2.77. The maximum absolute atomic E-state index is 11.1. The molecule has 0 aliphatic rings. The van der Waals surface area contributed by atoms with Crippen LogP contribution in [0.2, 0.25) is 0 Å². The van der Waals surface area contributed by atoms with Crippen molar-refractivity contribution in [3.8, 4) is 11.8 Å². The largest absolute Gasteiger partial charge is 0.479 e. The molecule has 0 bridgehead atoms. The molecule has 0 aromatic heterocycles. The fraction of sp³-hybridized carbons (Fsp3) is 0.462. The van der Waals surface area contributed by atoms with Crippen molar-refractivity contribution in [1.29, 1.82) is 5.26 Å². The van der Waals surface area contributed by atoms with Crippen LogP contribution in [0.3, 0.4) is 0 Å². The van der Waals surface area contributed by atoms with Gasteiger partial charge in [0, 0.05) is 35.4 Å². The van der Waals surface area contributed by atoms with Crippen LogP contribution in [0.5, 0.6) is 5.75 Å². The van der Waals surface area contributed by atoms with Crippen LogP contribution in [0.25, 0.3) is 0 Å². The third-order valence-electron chi connectivity index (χ3n) is 2.34. The van der Waals surface area contributed by atoms with E-state index in [1.807, 2.05) is 37.3 Å². The SMILES string of the molecule is CC(CS(C)=O)NCc1cccc(OCC#N)c1. The molecule has 0 saturated heterocycles. The monoisotopic (exact) mass is 266 g/mol. The molecule has 4 nitrogen and oxygen atoms in total. The van der Waals surface area contributed by atoms with Crippen LogP contribution in [0.1, 0.15) is 12.5 Å². The molecule has 0 saturated carbocycles. The Labute approximate surface area is 110 Å². The van der Waals surface area contributed by atoms with Crippen molar-refractivity contribution in [2.75, 3.05) is 18.6 Å². The van der Waals surface area contributed by atoms with Crippen LogP contribution in [0, 0.1) is 11.3 Å². The zero-order chi connectivity index (χ0) is 13.4. The lowest BCUT2D eigenvalue weighted by Crippen LogP contribution is -2.30. The first-order chi connectivity index (χ1) is 8.61. The van der Waals surface area contributed by atoms with E-state index in [1.54, 1.807) is 6.26 Å². The van der Waals surface area contributed by atoms with Crippen molar-refractivity contribution in [2.45, 2.75) is 19.5 Å². The molecule has 2 atom stereocenters. The molecule has 1 aromatic rings. The second-order valence-corrected chi connectivity index (χ2v) is 5.60. The molecule has 0 amide bonds. The van der Waals surface area contributed by atoms with Gasteiger partial charge in [0.2, 0.25) is 0 Å². The fourth-order valence-corrected chi connectivity index (χ4v) is 2.39. The Morgan fingerprint density at radius 3 is 3.00 bits per heavy atom. The summed E-state index contributed by atoms with van der Waals surface area (Å²) in [5.74, 6) is 1.34. The van der Waals surface area contributed by atoms with Crippen molar-refractivity contribution in [3.63, 3.8) is 0 Å². The second-order valence-electron chi connectivity index (χ2n) is 4.12. The van der Waals surface area contributed by atoms with E-state index >= 15 is 0 Å². The molecule has 0 radical (unpaired) electrons. The van der Waals surface area contributed by atoms with E-state index in [4.69, 9.17) is 10.00 Å². The highest BCUT2D eigenvalue weighted by Gasteiger charge is 2.04. The summed E-state index contributed by atoms with van der Waals surface area (Å²) < 4.78 is 16.3. The van der Waals surface area contributed by atoms with Gasteiger partial charge in [0.15, 0.2) is 6.61 Å². The molecule has 0 heterocycles. The van der Waals surface area contributed by atoms with Crippen LogP contribution in [-0.4, -0.2) is 28.9 Å². The number of rotatable bonds is 7. The van der Waals surface area contributed by atoms with Gasteiger partial charge in [-0.3, -0.25) is 4.21 Å². The standard InChI is InChI=1S/C13H18N2O2S/c1-11(10-18(2)16)15-9-12-4-3-5-13(8-12)17-7-6-14/h3-5,8,11,15H,7,9-10H2,1-2H3. The van der Waals surface area contributed by atoms with E-state index in [2.05, 4.69) is 5.32 Å². The number of benzene rings is 1. The Hall–Kier alpha value is -1.38. The average Bonchev–Trinajstić information content (AvgIpc) is 2.33. The van der Waals surface area contributed by atoms with Gasteiger partial charge in [0.25, 0.3) is 0 Å². The molecule has 2 unspecified atom stereocenters. The van der Waals surface area contributed by atoms with E-state index in [1.165, 1.54) is 0 Å². The molecule has 18 heavy (non-hydrogen) atoms. The number of nitrogens with one attached hydrogen (secondary N) is 1. The maximum Gasteiger partial charge on any atom is 0.174 e. The van der Waals surface area contributed by atoms with Crippen molar-refractivity contribution >= 4 is 10.8 Å². The summed E-state index contributed by atoms with van der Waals surface area (Å²) in [6.07, 6.45) is 1.70. The van der Waals surface area contributed by atoms with Crippen molar-refractivity contribution in [1.82, 2.24) is 5.32 Å². The number of nitriles is 1. The Morgan fingerprint density at radius 2 is 2.33 bits per heavy atom.